The molecule has 2 rings (SSSR count). The predicted molar refractivity (Wildman–Crippen MR) is 75.4 cm³/mol. The van der Waals surface area contributed by atoms with E-state index in [2.05, 4.69) is 0 Å². The highest BCUT2D eigenvalue weighted by molar-refractivity contribution is 7.86. The van der Waals surface area contributed by atoms with Crippen molar-refractivity contribution in [3.05, 3.63) is 0 Å². The van der Waals surface area contributed by atoms with Crippen molar-refractivity contribution in [1.82, 2.24) is 8.61 Å². The Bertz CT molecular complexity index is 463. The van der Waals surface area contributed by atoms with Crippen molar-refractivity contribution in [3.63, 3.8) is 0 Å². The van der Waals surface area contributed by atoms with Crippen molar-refractivity contribution in [1.29, 1.82) is 0 Å². The summed E-state index contributed by atoms with van der Waals surface area (Å²) in [6.45, 7) is 5.18. The lowest BCUT2D eigenvalue weighted by Crippen LogP contribution is -2.51. The van der Waals surface area contributed by atoms with E-state index in [1.807, 2.05) is 13.8 Å². The summed E-state index contributed by atoms with van der Waals surface area (Å²) in [5, 5.41) is 9.09. The normalized spacial score (nSPS) is 29.9. The molecule has 0 spiro atoms. The van der Waals surface area contributed by atoms with Gasteiger partial charge in [0.2, 0.25) is 0 Å². The molecule has 0 saturated carbocycles. The molecule has 2 unspecified atom stereocenters. The monoisotopic (exact) mass is 304 g/mol. The van der Waals surface area contributed by atoms with Crippen molar-refractivity contribution in [3.8, 4) is 0 Å². The molecule has 20 heavy (non-hydrogen) atoms. The number of carboxylic acid groups (broad SMARTS) is 1. The van der Waals surface area contributed by atoms with E-state index in [-0.39, 0.29) is 18.5 Å². The number of carboxylic acids is 1. The van der Waals surface area contributed by atoms with E-state index < -0.39 is 22.1 Å². The Balaban J connectivity index is 2.15. The van der Waals surface area contributed by atoms with E-state index in [9.17, 15) is 13.2 Å². The number of piperidine rings is 1. The molecule has 2 atom stereocenters. The highest BCUT2D eigenvalue weighted by Gasteiger charge is 2.41. The van der Waals surface area contributed by atoms with Crippen LogP contribution in [0.25, 0.3) is 0 Å². The second-order valence-corrected chi connectivity index (χ2v) is 7.99. The molecule has 0 bridgehead atoms. The van der Waals surface area contributed by atoms with Crippen LogP contribution in [0.5, 0.6) is 0 Å². The van der Waals surface area contributed by atoms with Crippen molar-refractivity contribution in [2.45, 2.75) is 45.6 Å². The third-order valence-electron chi connectivity index (χ3n) is 4.37. The number of hydrogen-bond acceptors (Lipinski definition) is 3. The number of rotatable bonds is 4. The van der Waals surface area contributed by atoms with E-state index in [4.69, 9.17) is 5.11 Å². The van der Waals surface area contributed by atoms with Crippen molar-refractivity contribution < 1.29 is 18.3 Å². The summed E-state index contributed by atoms with van der Waals surface area (Å²) in [6, 6.07) is 0.0465. The van der Waals surface area contributed by atoms with Crippen LogP contribution in [0.4, 0.5) is 0 Å². The number of nitrogens with zero attached hydrogens (tertiary/aromatic N) is 2. The zero-order valence-corrected chi connectivity index (χ0v) is 13.0. The summed E-state index contributed by atoms with van der Waals surface area (Å²) in [4.78, 5) is 11.1. The average Bonchev–Trinajstić information content (AvgIpc) is 2.89. The zero-order chi connectivity index (χ0) is 14.9. The molecule has 0 aliphatic carbocycles. The molecule has 2 aliphatic rings. The molecule has 0 aromatic carbocycles. The fourth-order valence-electron chi connectivity index (χ4n) is 3.22. The molecule has 2 aliphatic heterocycles. The van der Waals surface area contributed by atoms with Gasteiger partial charge in [-0.15, -0.1) is 0 Å². The van der Waals surface area contributed by atoms with Crippen LogP contribution in [0, 0.1) is 11.8 Å². The summed E-state index contributed by atoms with van der Waals surface area (Å²) in [5.74, 6) is -1.18. The van der Waals surface area contributed by atoms with E-state index >= 15 is 0 Å². The smallest absolute Gasteiger partial charge is 0.307 e. The molecule has 2 fully saturated rings. The van der Waals surface area contributed by atoms with Gasteiger partial charge in [0.25, 0.3) is 10.2 Å². The Morgan fingerprint density at radius 2 is 1.85 bits per heavy atom. The summed E-state index contributed by atoms with van der Waals surface area (Å²) in [5.41, 5.74) is 0. The Morgan fingerprint density at radius 1 is 1.20 bits per heavy atom. The standard InChI is InChI=1S/C13H24N2O4S/c1-10(2)12-6-4-8-15(12)20(18,19)14-7-3-5-11(9-14)13(16)17/h10-12H,3-9H2,1-2H3,(H,16,17). The molecule has 7 heteroatoms. The van der Waals surface area contributed by atoms with Gasteiger partial charge in [-0.25, -0.2) is 0 Å². The zero-order valence-electron chi connectivity index (χ0n) is 12.2. The first-order valence-electron chi connectivity index (χ1n) is 7.33. The average molecular weight is 304 g/mol. The van der Waals surface area contributed by atoms with Gasteiger partial charge in [0.15, 0.2) is 0 Å². The molecule has 2 saturated heterocycles. The van der Waals surface area contributed by atoms with Crippen LogP contribution in [-0.2, 0) is 15.0 Å². The van der Waals surface area contributed by atoms with Gasteiger partial charge in [-0.1, -0.05) is 13.8 Å². The Labute approximate surface area is 120 Å². The Kier molecular flexibility index (Phi) is 4.71. The van der Waals surface area contributed by atoms with Crippen molar-refractivity contribution in [2.24, 2.45) is 11.8 Å². The maximum absolute atomic E-state index is 12.7. The van der Waals surface area contributed by atoms with Crippen molar-refractivity contribution >= 4 is 16.2 Å². The third kappa shape index (κ3) is 2.99. The van der Waals surface area contributed by atoms with Gasteiger partial charge in [-0.2, -0.15) is 17.0 Å². The van der Waals surface area contributed by atoms with Crippen LogP contribution in [0.2, 0.25) is 0 Å². The fourth-order valence-corrected chi connectivity index (χ4v) is 5.30. The van der Waals surface area contributed by atoms with Gasteiger partial charge in [0, 0.05) is 25.7 Å². The first-order chi connectivity index (χ1) is 9.34. The van der Waals surface area contributed by atoms with E-state index in [0.717, 1.165) is 12.8 Å². The van der Waals surface area contributed by atoms with E-state index in [1.54, 1.807) is 4.31 Å². The minimum atomic E-state index is -3.52. The van der Waals surface area contributed by atoms with Crippen LogP contribution in [0.1, 0.15) is 39.5 Å². The molecular weight excluding hydrogens is 280 g/mol. The van der Waals surface area contributed by atoms with Gasteiger partial charge >= 0.3 is 5.97 Å². The van der Waals surface area contributed by atoms with Crippen LogP contribution in [0.15, 0.2) is 0 Å². The predicted octanol–water partition coefficient (Wildman–Crippen LogP) is 1.15. The first kappa shape index (κ1) is 15.7. The minimum absolute atomic E-state index is 0.0465. The highest BCUT2D eigenvalue weighted by atomic mass is 32.2. The molecule has 1 N–H and O–H groups in total. The quantitative estimate of drug-likeness (QED) is 0.845. The van der Waals surface area contributed by atoms with E-state index in [1.165, 1.54) is 4.31 Å². The van der Waals surface area contributed by atoms with Crippen LogP contribution in [-0.4, -0.2) is 53.8 Å². The largest absolute Gasteiger partial charge is 0.481 e. The third-order valence-corrected chi connectivity index (χ3v) is 6.40. The molecule has 0 aromatic heterocycles. The van der Waals surface area contributed by atoms with E-state index in [0.29, 0.717) is 25.9 Å². The van der Waals surface area contributed by atoms with Gasteiger partial charge < -0.3 is 5.11 Å². The molecule has 6 nitrogen and oxygen atoms in total. The topological polar surface area (TPSA) is 77.9 Å². The molecular formula is C13H24N2O4S. The summed E-state index contributed by atoms with van der Waals surface area (Å²) >= 11 is 0. The van der Waals surface area contributed by atoms with Crippen molar-refractivity contribution in [2.75, 3.05) is 19.6 Å². The minimum Gasteiger partial charge on any atom is -0.481 e. The summed E-state index contributed by atoms with van der Waals surface area (Å²) in [6.07, 6.45) is 2.97. The second-order valence-electron chi connectivity index (χ2n) is 6.11. The van der Waals surface area contributed by atoms with Gasteiger partial charge in [0.1, 0.15) is 0 Å². The summed E-state index contributed by atoms with van der Waals surface area (Å²) < 4.78 is 28.4. The maximum atomic E-state index is 12.7. The van der Waals surface area contributed by atoms with Gasteiger partial charge in [-0.05, 0) is 31.6 Å². The summed E-state index contributed by atoms with van der Waals surface area (Å²) in [7, 11) is -3.52. The van der Waals surface area contributed by atoms with Gasteiger partial charge in [-0.3, -0.25) is 4.79 Å². The lowest BCUT2D eigenvalue weighted by atomic mass is 10.0. The maximum Gasteiger partial charge on any atom is 0.307 e. The molecule has 116 valence electrons. The van der Waals surface area contributed by atoms with Crippen LogP contribution < -0.4 is 0 Å². The fraction of sp³-hybridized carbons (Fsp3) is 0.923. The lowest BCUT2D eigenvalue weighted by molar-refractivity contribution is -0.142. The Hall–Kier alpha value is -0.660. The number of carbonyl (C=O) groups is 1. The van der Waals surface area contributed by atoms with Crippen LogP contribution >= 0.6 is 0 Å². The lowest BCUT2D eigenvalue weighted by Gasteiger charge is -2.36. The number of hydrogen-bond donors (Lipinski definition) is 1. The molecule has 0 aromatic rings. The number of aliphatic carboxylic acids is 1. The highest BCUT2D eigenvalue weighted by Crippen LogP contribution is 2.30. The van der Waals surface area contributed by atoms with Crippen LogP contribution in [0.3, 0.4) is 0 Å². The molecule has 2 heterocycles. The first-order valence-corrected chi connectivity index (χ1v) is 8.73. The van der Waals surface area contributed by atoms with Gasteiger partial charge in [0.05, 0.1) is 5.92 Å². The molecule has 0 amide bonds. The Morgan fingerprint density at radius 3 is 2.45 bits per heavy atom. The second kappa shape index (κ2) is 5.99. The SMILES string of the molecule is CC(C)C1CCCN1S(=O)(=O)N1CCCC(C(=O)O)C1. The molecule has 0 radical (unpaired) electrons.